The van der Waals surface area contributed by atoms with Gasteiger partial charge in [-0.1, -0.05) is 30.6 Å². The topological polar surface area (TPSA) is 128 Å². The van der Waals surface area contributed by atoms with E-state index in [1.807, 2.05) is 19.1 Å². The van der Waals surface area contributed by atoms with Crippen molar-refractivity contribution in [3.05, 3.63) is 54.1 Å². The molecule has 188 valence electrons. The Morgan fingerprint density at radius 3 is 2.69 bits per heavy atom. The van der Waals surface area contributed by atoms with Gasteiger partial charge in [0.25, 0.3) is 11.8 Å². The summed E-state index contributed by atoms with van der Waals surface area (Å²) in [5, 5.41) is 11.2. The molecule has 0 spiro atoms. The van der Waals surface area contributed by atoms with Gasteiger partial charge < -0.3 is 13.6 Å². The molecule has 1 N–H and O–H groups in total. The highest BCUT2D eigenvalue weighted by molar-refractivity contribution is 7.89. The first-order valence-electron chi connectivity index (χ1n) is 11.7. The van der Waals surface area contributed by atoms with Crippen molar-refractivity contribution in [1.82, 2.24) is 14.5 Å². The number of aromatic nitrogens is 2. The Balaban J connectivity index is 1.30. The number of fused-ring (bicyclic) bond motifs is 1. The fourth-order valence-corrected chi connectivity index (χ4v) is 6.22. The molecule has 11 heteroatoms. The highest BCUT2D eigenvalue weighted by atomic mass is 32.2. The van der Waals surface area contributed by atoms with E-state index in [1.165, 1.54) is 24.3 Å². The summed E-state index contributed by atoms with van der Waals surface area (Å²) in [6.45, 7) is 2.51. The zero-order valence-electron chi connectivity index (χ0n) is 19.9. The molecule has 1 saturated heterocycles. The van der Waals surface area contributed by atoms with Crippen molar-refractivity contribution in [3.8, 4) is 17.4 Å². The summed E-state index contributed by atoms with van der Waals surface area (Å²) in [5.74, 6) is 0.491. The summed E-state index contributed by atoms with van der Waals surface area (Å²) in [5.41, 5.74) is 0.802. The van der Waals surface area contributed by atoms with Gasteiger partial charge in [-0.15, -0.1) is 5.10 Å². The predicted molar refractivity (Wildman–Crippen MR) is 132 cm³/mol. The number of piperidine rings is 1. The number of nitrogens with zero attached hydrogens (tertiary/aromatic N) is 3. The molecule has 1 aliphatic rings. The lowest BCUT2D eigenvalue weighted by molar-refractivity contribution is 0.102. The number of benzene rings is 2. The van der Waals surface area contributed by atoms with Gasteiger partial charge in [0, 0.05) is 23.5 Å². The van der Waals surface area contributed by atoms with Crippen molar-refractivity contribution >= 4 is 32.9 Å². The van der Waals surface area contributed by atoms with Crippen LogP contribution in [0.4, 0.5) is 6.01 Å². The molecular weight excluding hydrogens is 484 g/mol. The number of methoxy groups -OCH3 is 1. The van der Waals surface area contributed by atoms with Crippen LogP contribution >= 0.6 is 0 Å². The molecule has 1 fully saturated rings. The molecular formula is C25H26N4O6S. The third-order valence-electron chi connectivity index (χ3n) is 6.35. The first-order chi connectivity index (χ1) is 17.4. The summed E-state index contributed by atoms with van der Waals surface area (Å²) >= 11 is 0. The molecule has 2 aromatic carbocycles. The fraction of sp³-hybridized carbons (Fsp3) is 0.320. The van der Waals surface area contributed by atoms with Gasteiger partial charge in [0.15, 0.2) is 17.1 Å². The quantitative estimate of drug-likeness (QED) is 0.379. The van der Waals surface area contributed by atoms with Gasteiger partial charge in [-0.3, -0.25) is 10.1 Å². The van der Waals surface area contributed by atoms with Crippen molar-refractivity contribution in [2.75, 3.05) is 19.0 Å². The molecule has 0 bridgehead atoms. The average Bonchev–Trinajstić information content (AvgIpc) is 3.55. The summed E-state index contributed by atoms with van der Waals surface area (Å²) in [4.78, 5) is 12.9. The third kappa shape index (κ3) is 4.47. The summed E-state index contributed by atoms with van der Waals surface area (Å²) in [6.07, 6.45) is 3.52. The lowest BCUT2D eigenvalue weighted by Crippen LogP contribution is -2.43. The Bertz CT molecular complexity index is 1490. The van der Waals surface area contributed by atoms with Gasteiger partial charge in [0.2, 0.25) is 10.0 Å². The molecule has 3 heterocycles. The first kappa shape index (κ1) is 24.0. The molecule has 1 unspecified atom stereocenters. The van der Waals surface area contributed by atoms with Crippen LogP contribution in [0.2, 0.25) is 0 Å². The van der Waals surface area contributed by atoms with Gasteiger partial charge in [-0.25, -0.2) is 8.42 Å². The number of furan rings is 1. The van der Waals surface area contributed by atoms with Gasteiger partial charge >= 0.3 is 6.01 Å². The van der Waals surface area contributed by atoms with E-state index in [1.54, 1.807) is 23.5 Å². The van der Waals surface area contributed by atoms with Crippen LogP contribution in [-0.2, 0) is 10.0 Å². The highest BCUT2D eigenvalue weighted by Gasteiger charge is 2.32. The average molecular weight is 511 g/mol. The van der Waals surface area contributed by atoms with E-state index < -0.39 is 15.9 Å². The molecule has 36 heavy (non-hydrogen) atoms. The number of carbonyl (C=O) groups is 1. The minimum Gasteiger partial charge on any atom is -0.493 e. The van der Waals surface area contributed by atoms with Crippen molar-refractivity contribution in [2.24, 2.45) is 0 Å². The molecule has 1 aliphatic heterocycles. The van der Waals surface area contributed by atoms with Crippen LogP contribution in [-0.4, -0.2) is 48.5 Å². The summed E-state index contributed by atoms with van der Waals surface area (Å²) in [6, 6.07) is 12.9. The van der Waals surface area contributed by atoms with Crippen LogP contribution in [0.3, 0.4) is 0 Å². The summed E-state index contributed by atoms with van der Waals surface area (Å²) in [7, 11) is -2.08. The molecule has 0 aliphatic carbocycles. The number of hydrogen-bond donors (Lipinski definition) is 1. The Labute approximate surface area is 208 Å². The van der Waals surface area contributed by atoms with E-state index in [0.717, 1.165) is 31.1 Å². The number of nitrogens with one attached hydrogen (secondary N) is 1. The molecule has 0 saturated carbocycles. The normalized spacial score (nSPS) is 16.8. The Hall–Kier alpha value is -3.70. The van der Waals surface area contributed by atoms with E-state index in [4.69, 9.17) is 13.6 Å². The maximum absolute atomic E-state index is 13.1. The number of ether oxygens (including phenoxy) is 1. The number of amides is 1. The maximum Gasteiger partial charge on any atom is 0.322 e. The van der Waals surface area contributed by atoms with E-state index in [0.29, 0.717) is 23.6 Å². The van der Waals surface area contributed by atoms with Crippen LogP contribution in [0.5, 0.6) is 5.75 Å². The van der Waals surface area contributed by atoms with Crippen molar-refractivity contribution in [1.29, 1.82) is 0 Å². The molecule has 5 rings (SSSR count). The molecule has 2 aromatic heterocycles. The maximum atomic E-state index is 13.1. The SMILES string of the molecule is CCC1CCCCN1S(=O)(=O)c1ccc(C(=O)Nc2nnc(-c3cc4cccc(OC)c4o3)o2)cc1. The zero-order valence-corrected chi connectivity index (χ0v) is 20.7. The smallest absolute Gasteiger partial charge is 0.322 e. The number of anilines is 1. The second-order valence-corrected chi connectivity index (χ2v) is 10.4. The van der Waals surface area contributed by atoms with Crippen molar-refractivity contribution in [3.63, 3.8) is 0 Å². The largest absolute Gasteiger partial charge is 0.493 e. The molecule has 4 aromatic rings. The van der Waals surface area contributed by atoms with Crippen molar-refractivity contribution in [2.45, 2.75) is 43.5 Å². The minimum atomic E-state index is -3.63. The second kappa shape index (κ2) is 9.75. The monoisotopic (exact) mass is 510 g/mol. The minimum absolute atomic E-state index is 0.00582. The third-order valence-corrected chi connectivity index (χ3v) is 8.32. The van der Waals surface area contributed by atoms with E-state index >= 15 is 0 Å². The highest BCUT2D eigenvalue weighted by Crippen LogP contribution is 2.33. The van der Waals surface area contributed by atoms with Crippen LogP contribution in [0.25, 0.3) is 22.6 Å². The van der Waals surface area contributed by atoms with Gasteiger partial charge in [-0.2, -0.15) is 4.31 Å². The predicted octanol–water partition coefficient (Wildman–Crippen LogP) is 4.70. The Kier molecular flexibility index (Phi) is 6.50. The molecule has 1 amide bonds. The standard InChI is InChI=1S/C25H26N4O6S/c1-3-18-8-4-5-14-29(18)36(31,32)19-12-10-16(11-13-19)23(30)26-25-28-27-24(35-25)21-15-17-7-6-9-20(33-2)22(17)34-21/h6-7,9-13,15,18H,3-5,8,14H2,1-2H3,(H,26,28,30). The van der Waals surface area contributed by atoms with Gasteiger partial charge in [0.05, 0.1) is 12.0 Å². The van der Waals surface area contributed by atoms with Gasteiger partial charge in [-0.05, 0) is 55.7 Å². The van der Waals surface area contributed by atoms with Crippen LogP contribution in [0, 0.1) is 0 Å². The van der Waals surface area contributed by atoms with E-state index in [2.05, 4.69) is 15.5 Å². The number of para-hydroxylation sites is 1. The fourth-order valence-electron chi connectivity index (χ4n) is 4.46. The number of carbonyl (C=O) groups excluding carboxylic acids is 1. The van der Waals surface area contributed by atoms with Crippen LogP contribution < -0.4 is 10.1 Å². The van der Waals surface area contributed by atoms with Gasteiger partial charge in [0.1, 0.15) is 0 Å². The second-order valence-electron chi connectivity index (χ2n) is 8.55. The molecule has 1 atom stereocenters. The van der Waals surface area contributed by atoms with E-state index in [9.17, 15) is 13.2 Å². The number of rotatable bonds is 7. The number of sulfonamides is 1. The zero-order chi connectivity index (χ0) is 25.3. The van der Waals surface area contributed by atoms with Crippen molar-refractivity contribution < 1.29 is 26.8 Å². The first-order valence-corrected chi connectivity index (χ1v) is 13.2. The van der Waals surface area contributed by atoms with Crippen LogP contribution in [0.15, 0.2) is 62.3 Å². The van der Waals surface area contributed by atoms with Crippen LogP contribution in [0.1, 0.15) is 43.0 Å². The Morgan fingerprint density at radius 1 is 1.14 bits per heavy atom. The van der Waals surface area contributed by atoms with E-state index in [-0.39, 0.29) is 28.4 Å². The summed E-state index contributed by atoms with van der Waals surface area (Å²) < 4.78 is 44.5. The Morgan fingerprint density at radius 2 is 1.94 bits per heavy atom. The molecule has 10 nitrogen and oxygen atoms in total. The number of hydrogen-bond acceptors (Lipinski definition) is 8. The molecule has 0 radical (unpaired) electrons. The lowest BCUT2D eigenvalue weighted by atomic mass is 10.0. The lowest BCUT2D eigenvalue weighted by Gasteiger charge is -2.34.